The Balaban J connectivity index is 2.09. The van der Waals surface area contributed by atoms with E-state index in [9.17, 15) is 0 Å². The second-order valence-corrected chi connectivity index (χ2v) is 6.62. The Morgan fingerprint density at radius 2 is 1.78 bits per heavy atom. The van der Waals surface area contributed by atoms with Crippen LogP contribution >= 0.6 is 0 Å². The van der Waals surface area contributed by atoms with Crippen molar-refractivity contribution in [2.45, 2.75) is 45.1 Å². The molecule has 124 valence electrons. The molecule has 1 fully saturated rings. The molecule has 2 aromatic rings. The van der Waals surface area contributed by atoms with Crippen molar-refractivity contribution in [3.8, 4) is 5.75 Å². The van der Waals surface area contributed by atoms with Crippen molar-refractivity contribution < 1.29 is 4.74 Å². The average molecular weight is 312 g/mol. The lowest BCUT2D eigenvalue weighted by Crippen LogP contribution is -2.23. The molecule has 3 rings (SSSR count). The third-order valence-corrected chi connectivity index (χ3v) is 4.72. The molecule has 0 radical (unpaired) electrons. The SMILES string of the molecule is CCOc1cc(N(C)C)c2ccccc2c1NC1CCCCC1. The fourth-order valence-electron chi connectivity index (χ4n) is 3.57. The van der Waals surface area contributed by atoms with Gasteiger partial charge in [-0.25, -0.2) is 0 Å². The fraction of sp³-hybridized carbons (Fsp3) is 0.500. The molecule has 1 saturated carbocycles. The van der Waals surface area contributed by atoms with Gasteiger partial charge in [0.2, 0.25) is 0 Å². The zero-order valence-corrected chi connectivity index (χ0v) is 14.6. The number of fused-ring (bicyclic) bond motifs is 1. The van der Waals surface area contributed by atoms with Gasteiger partial charge in [-0.05, 0) is 19.8 Å². The molecule has 0 spiro atoms. The number of anilines is 2. The van der Waals surface area contributed by atoms with Crippen molar-refractivity contribution in [3.05, 3.63) is 30.3 Å². The molecular weight excluding hydrogens is 284 g/mol. The summed E-state index contributed by atoms with van der Waals surface area (Å²) in [6.07, 6.45) is 6.55. The van der Waals surface area contributed by atoms with Crippen LogP contribution in [0.5, 0.6) is 5.75 Å². The van der Waals surface area contributed by atoms with Gasteiger partial charge in [-0.3, -0.25) is 0 Å². The maximum atomic E-state index is 5.99. The summed E-state index contributed by atoms with van der Waals surface area (Å²) < 4.78 is 5.99. The third-order valence-electron chi connectivity index (χ3n) is 4.72. The van der Waals surface area contributed by atoms with Gasteiger partial charge in [-0.15, -0.1) is 0 Å². The Morgan fingerprint density at radius 1 is 1.09 bits per heavy atom. The monoisotopic (exact) mass is 312 g/mol. The van der Waals surface area contributed by atoms with Gasteiger partial charge in [0.05, 0.1) is 12.3 Å². The van der Waals surface area contributed by atoms with E-state index >= 15 is 0 Å². The van der Waals surface area contributed by atoms with E-state index in [-0.39, 0.29) is 0 Å². The molecule has 3 heteroatoms. The van der Waals surface area contributed by atoms with Crippen LogP contribution in [0.4, 0.5) is 11.4 Å². The Morgan fingerprint density at radius 3 is 2.43 bits per heavy atom. The molecule has 23 heavy (non-hydrogen) atoms. The number of hydrogen-bond donors (Lipinski definition) is 1. The van der Waals surface area contributed by atoms with E-state index < -0.39 is 0 Å². The lowest BCUT2D eigenvalue weighted by atomic mass is 9.94. The second kappa shape index (κ2) is 7.12. The van der Waals surface area contributed by atoms with E-state index in [1.165, 1.54) is 54.3 Å². The van der Waals surface area contributed by atoms with Crippen LogP contribution in [0.25, 0.3) is 10.8 Å². The molecule has 0 bridgehead atoms. The maximum Gasteiger partial charge on any atom is 0.145 e. The summed E-state index contributed by atoms with van der Waals surface area (Å²) in [6, 6.07) is 11.4. The van der Waals surface area contributed by atoms with Crippen LogP contribution in [0.2, 0.25) is 0 Å². The number of benzene rings is 2. The molecular formula is C20H28N2O. The molecule has 0 aliphatic heterocycles. The Labute approximate surface area is 139 Å². The Hall–Kier alpha value is -1.90. The van der Waals surface area contributed by atoms with Crippen molar-refractivity contribution in [2.24, 2.45) is 0 Å². The van der Waals surface area contributed by atoms with Crippen LogP contribution in [0.15, 0.2) is 30.3 Å². The van der Waals surface area contributed by atoms with Gasteiger partial charge in [-0.2, -0.15) is 0 Å². The van der Waals surface area contributed by atoms with E-state index in [4.69, 9.17) is 4.74 Å². The first-order valence-corrected chi connectivity index (χ1v) is 8.83. The van der Waals surface area contributed by atoms with E-state index in [1.807, 2.05) is 0 Å². The first-order valence-electron chi connectivity index (χ1n) is 8.83. The second-order valence-electron chi connectivity index (χ2n) is 6.62. The molecule has 0 atom stereocenters. The first kappa shape index (κ1) is 16.0. The smallest absolute Gasteiger partial charge is 0.145 e. The molecule has 1 N–H and O–H groups in total. The predicted octanol–water partition coefficient (Wildman–Crippen LogP) is 5.05. The molecule has 0 amide bonds. The van der Waals surface area contributed by atoms with Crippen molar-refractivity contribution >= 4 is 22.1 Å². The molecule has 1 aliphatic carbocycles. The summed E-state index contributed by atoms with van der Waals surface area (Å²) in [4.78, 5) is 2.16. The van der Waals surface area contributed by atoms with Crippen LogP contribution in [0, 0.1) is 0 Å². The summed E-state index contributed by atoms with van der Waals surface area (Å²) in [6.45, 7) is 2.74. The van der Waals surface area contributed by atoms with Crippen LogP contribution in [0.1, 0.15) is 39.0 Å². The molecule has 1 aliphatic rings. The fourth-order valence-corrected chi connectivity index (χ4v) is 3.57. The van der Waals surface area contributed by atoms with E-state index in [2.05, 4.69) is 61.6 Å². The van der Waals surface area contributed by atoms with Crippen molar-refractivity contribution in [1.82, 2.24) is 0 Å². The van der Waals surface area contributed by atoms with Crippen LogP contribution in [-0.2, 0) is 0 Å². The normalized spacial score (nSPS) is 15.6. The van der Waals surface area contributed by atoms with Crippen molar-refractivity contribution in [2.75, 3.05) is 30.9 Å². The van der Waals surface area contributed by atoms with E-state index in [0.29, 0.717) is 12.6 Å². The number of ether oxygens (including phenoxy) is 1. The van der Waals surface area contributed by atoms with Gasteiger partial charge in [0.25, 0.3) is 0 Å². The van der Waals surface area contributed by atoms with Crippen molar-refractivity contribution in [3.63, 3.8) is 0 Å². The summed E-state index contributed by atoms with van der Waals surface area (Å²) in [5.41, 5.74) is 2.37. The first-order chi connectivity index (χ1) is 11.2. The van der Waals surface area contributed by atoms with Crippen molar-refractivity contribution in [1.29, 1.82) is 0 Å². The summed E-state index contributed by atoms with van der Waals surface area (Å²) in [7, 11) is 4.18. The maximum absolute atomic E-state index is 5.99. The molecule has 0 unspecified atom stereocenters. The minimum atomic E-state index is 0.566. The molecule has 0 heterocycles. The van der Waals surface area contributed by atoms with Gasteiger partial charge >= 0.3 is 0 Å². The van der Waals surface area contributed by atoms with Gasteiger partial charge in [0.1, 0.15) is 5.75 Å². The number of hydrogen-bond acceptors (Lipinski definition) is 3. The molecule has 0 saturated heterocycles. The molecule has 0 aromatic heterocycles. The lowest BCUT2D eigenvalue weighted by Gasteiger charge is -2.27. The quantitative estimate of drug-likeness (QED) is 0.836. The zero-order valence-electron chi connectivity index (χ0n) is 14.6. The van der Waals surface area contributed by atoms with Gasteiger partial charge in [0, 0.05) is 42.7 Å². The Bertz CT molecular complexity index is 660. The highest BCUT2D eigenvalue weighted by Gasteiger charge is 2.19. The minimum absolute atomic E-state index is 0.566. The third kappa shape index (κ3) is 3.39. The lowest BCUT2D eigenvalue weighted by molar-refractivity contribution is 0.341. The largest absolute Gasteiger partial charge is 0.492 e. The minimum Gasteiger partial charge on any atom is -0.492 e. The van der Waals surface area contributed by atoms with E-state index in [0.717, 1.165) is 5.75 Å². The van der Waals surface area contributed by atoms with Crippen LogP contribution in [-0.4, -0.2) is 26.7 Å². The van der Waals surface area contributed by atoms with Crippen LogP contribution in [0.3, 0.4) is 0 Å². The average Bonchev–Trinajstić information content (AvgIpc) is 2.57. The highest BCUT2D eigenvalue weighted by Crippen LogP contribution is 2.40. The summed E-state index contributed by atoms with van der Waals surface area (Å²) in [5.74, 6) is 0.973. The highest BCUT2D eigenvalue weighted by molar-refractivity contribution is 6.04. The summed E-state index contributed by atoms with van der Waals surface area (Å²) in [5, 5.41) is 6.33. The van der Waals surface area contributed by atoms with Crippen LogP contribution < -0.4 is 15.0 Å². The molecule has 3 nitrogen and oxygen atoms in total. The number of nitrogens with zero attached hydrogens (tertiary/aromatic N) is 1. The zero-order chi connectivity index (χ0) is 16.2. The van der Waals surface area contributed by atoms with Gasteiger partial charge < -0.3 is 15.0 Å². The molecule has 2 aromatic carbocycles. The number of rotatable bonds is 5. The number of nitrogens with one attached hydrogen (secondary N) is 1. The predicted molar refractivity (Wildman–Crippen MR) is 99.9 cm³/mol. The Kier molecular flexibility index (Phi) is 4.94. The highest BCUT2D eigenvalue weighted by atomic mass is 16.5. The van der Waals surface area contributed by atoms with Gasteiger partial charge in [-0.1, -0.05) is 43.5 Å². The summed E-state index contributed by atoms with van der Waals surface area (Å²) >= 11 is 0. The van der Waals surface area contributed by atoms with Gasteiger partial charge in [0.15, 0.2) is 0 Å². The standard InChI is InChI=1S/C20H28N2O/c1-4-23-19-14-18(22(2)3)16-12-8-9-13-17(16)20(19)21-15-10-6-5-7-11-15/h8-9,12-15,21H,4-7,10-11H2,1-3H3. The van der Waals surface area contributed by atoms with E-state index in [1.54, 1.807) is 0 Å². The topological polar surface area (TPSA) is 24.5 Å².